The number of imide groups is 1. The first kappa shape index (κ1) is 44.0. The SMILES string of the molecule is CC[Si](CC)(CC)OC(C)(c1ccc(F)cc1)C(F)(F)CCOc1ccc(OC)c(-c2ccn3nc(N(C(=O)OC(C)(C)C)C(=O)OC(C)(C)C)nc3c2)c1F. The van der Waals surface area contributed by atoms with Crippen LogP contribution in [0.1, 0.15) is 81.2 Å². The Morgan fingerprint density at radius 3 is 1.89 bits per heavy atom. The number of rotatable bonds is 14. The van der Waals surface area contributed by atoms with Gasteiger partial charge < -0.3 is 23.4 Å². The molecule has 56 heavy (non-hydrogen) atoms. The Morgan fingerprint density at radius 1 is 0.821 bits per heavy atom. The highest BCUT2D eigenvalue weighted by Gasteiger charge is 2.55. The number of benzene rings is 2. The summed E-state index contributed by atoms with van der Waals surface area (Å²) >= 11 is 0. The number of aromatic nitrogens is 3. The average molecular weight is 805 g/mol. The first-order valence-corrected chi connectivity index (χ1v) is 21.0. The van der Waals surface area contributed by atoms with Gasteiger partial charge in [-0.2, -0.15) is 4.98 Å². The van der Waals surface area contributed by atoms with E-state index < -0.39 is 67.9 Å². The van der Waals surface area contributed by atoms with E-state index in [4.69, 9.17) is 23.4 Å². The van der Waals surface area contributed by atoms with E-state index in [9.17, 15) is 14.0 Å². The quantitative estimate of drug-likeness (QED) is 0.0908. The van der Waals surface area contributed by atoms with Crippen LogP contribution in [0.2, 0.25) is 18.1 Å². The van der Waals surface area contributed by atoms with Gasteiger partial charge in [-0.15, -0.1) is 10.00 Å². The van der Waals surface area contributed by atoms with Crippen molar-refractivity contribution in [1.82, 2.24) is 14.6 Å². The third kappa shape index (κ3) is 9.80. The van der Waals surface area contributed by atoms with Crippen molar-refractivity contribution in [3.05, 3.63) is 71.9 Å². The molecule has 0 spiro atoms. The molecule has 0 aliphatic rings. The lowest BCUT2D eigenvalue weighted by Crippen LogP contribution is -2.53. The highest BCUT2D eigenvalue weighted by Crippen LogP contribution is 2.47. The van der Waals surface area contributed by atoms with Gasteiger partial charge >= 0.3 is 12.2 Å². The molecule has 0 N–H and O–H groups in total. The van der Waals surface area contributed by atoms with Crippen LogP contribution in [-0.2, 0) is 19.5 Å². The monoisotopic (exact) mass is 804 g/mol. The number of alkyl halides is 2. The Morgan fingerprint density at radius 2 is 1.38 bits per heavy atom. The number of hydrogen-bond acceptors (Lipinski definition) is 9. The third-order valence-corrected chi connectivity index (χ3v) is 14.1. The summed E-state index contributed by atoms with van der Waals surface area (Å²) in [7, 11) is -1.29. The van der Waals surface area contributed by atoms with Crippen LogP contribution >= 0.6 is 0 Å². The van der Waals surface area contributed by atoms with Gasteiger partial charge in [0.1, 0.15) is 28.4 Å². The molecule has 2 aromatic heterocycles. The Kier molecular flexibility index (Phi) is 13.2. The summed E-state index contributed by atoms with van der Waals surface area (Å²) in [5.41, 5.74) is -3.65. The minimum atomic E-state index is -3.52. The Balaban J connectivity index is 1.67. The van der Waals surface area contributed by atoms with Gasteiger partial charge in [-0.25, -0.2) is 31.7 Å². The minimum Gasteiger partial charge on any atom is -0.496 e. The van der Waals surface area contributed by atoms with E-state index in [0.717, 1.165) is 12.1 Å². The van der Waals surface area contributed by atoms with Crippen molar-refractivity contribution in [2.75, 3.05) is 18.6 Å². The molecular formula is C40H52F4N4O7Si. The van der Waals surface area contributed by atoms with Gasteiger partial charge in [0.15, 0.2) is 25.5 Å². The maximum Gasteiger partial charge on any atom is 0.427 e. The maximum absolute atomic E-state index is 16.5. The van der Waals surface area contributed by atoms with E-state index in [1.54, 1.807) is 41.5 Å². The Bertz CT molecular complexity index is 1970. The lowest BCUT2D eigenvalue weighted by molar-refractivity contribution is -0.175. The van der Waals surface area contributed by atoms with Gasteiger partial charge in [-0.05, 0) is 114 Å². The maximum atomic E-state index is 16.5. The zero-order valence-corrected chi connectivity index (χ0v) is 34.9. The van der Waals surface area contributed by atoms with E-state index in [1.807, 2.05) is 20.8 Å². The minimum absolute atomic E-state index is 0.0657. The zero-order chi connectivity index (χ0) is 41.9. The van der Waals surface area contributed by atoms with E-state index >= 15 is 13.2 Å². The largest absolute Gasteiger partial charge is 0.496 e. The van der Waals surface area contributed by atoms with Gasteiger partial charge in [0.2, 0.25) is 0 Å². The van der Waals surface area contributed by atoms with Crippen molar-refractivity contribution in [1.29, 1.82) is 0 Å². The summed E-state index contributed by atoms with van der Waals surface area (Å²) < 4.78 is 92.9. The van der Waals surface area contributed by atoms with Crippen molar-refractivity contribution in [2.45, 2.75) is 117 Å². The number of anilines is 1. The van der Waals surface area contributed by atoms with Gasteiger partial charge in [-0.3, -0.25) is 0 Å². The molecule has 306 valence electrons. The second-order valence-corrected chi connectivity index (χ2v) is 20.3. The number of halogens is 4. The Hall–Kier alpha value is -4.70. The summed E-state index contributed by atoms with van der Waals surface area (Å²) in [6.45, 7) is 16.3. The number of methoxy groups -OCH3 is 1. The van der Waals surface area contributed by atoms with Crippen LogP contribution in [0.4, 0.5) is 33.1 Å². The highest BCUT2D eigenvalue weighted by molar-refractivity contribution is 6.73. The molecule has 4 aromatic rings. The normalized spacial score (nSPS) is 13.6. The van der Waals surface area contributed by atoms with Gasteiger partial charge in [0.25, 0.3) is 11.9 Å². The molecule has 0 saturated heterocycles. The summed E-state index contributed by atoms with van der Waals surface area (Å²) in [5.74, 6) is -5.55. The summed E-state index contributed by atoms with van der Waals surface area (Å²) in [6.07, 6.45) is -1.56. The van der Waals surface area contributed by atoms with Crippen molar-refractivity contribution in [3.63, 3.8) is 0 Å². The molecule has 4 rings (SSSR count). The molecule has 0 aliphatic carbocycles. The molecule has 16 heteroatoms. The highest BCUT2D eigenvalue weighted by atomic mass is 28.4. The lowest BCUT2D eigenvalue weighted by Gasteiger charge is -2.45. The molecule has 2 heterocycles. The molecule has 0 bridgehead atoms. The van der Waals surface area contributed by atoms with Crippen LogP contribution < -0.4 is 14.4 Å². The van der Waals surface area contributed by atoms with Crippen LogP contribution in [0.25, 0.3) is 16.8 Å². The fourth-order valence-corrected chi connectivity index (χ4v) is 9.17. The lowest BCUT2D eigenvalue weighted by atomic mass is 9.87. The van der Waals surface area contributed by atoms with Crippen LogP contribution in [-0.4, -0.2) is 65.9 Å². The van der Waals surface area contributed by atoms with Crippen LogP contribution in [0.15, 0.2) is 54.7 Å². The van der Waals surface area contributed by atoms with E-state index in [2.05, 4.69) is 10.1 Å². The number of carbonyl (C=O) groups excluding carboxylic acids is 2. The molecule has 2 amide bonds. The smallest absolute Gasteiger partial charge is 0.427 e. The van der Waals surface area contributed by atoms with Crippen LogP contribution in [0.5, 0.6) is 11.5 Å². The predicted molar refractivity (Wildman–Crippen MR) is 207 cm³/mol. The number of carbonyl (C=O) groups is 2. The molecule has 1 unspecified atom stereocenters. The van der Waals surface area contributed by atoms with Gasteiger partial charge in [0, 0.05) is 12.6 Å². The van der Waals surface area contributed by atoms with Crippen LogP contribution in [0.3, 0.4) is 0 Å². The molecule has 2 aromatic carbocycles. The first-order valence-electron chi connectivity index (χ1n) is 18.5. The number of ether oxygens (including phenoxy) is 4. The zero-order valence-electron chi connectivity index (χ0n) is 33.9. The van der Waals surface area contributed by atoms with E-state index in [1.165, 1.54) is 61.1 Å². The summed E-state index contributed by atoms with van der Waals surface area (Å²) in [6, 6.07) is 12.3. The number of fused-ring (bicyclic) bond motifs is 1. The predicted octanol–water partition coefficient (Wildman–Crippen LogP) is 10.7. The molecular weight excluding hydrogens is 753 g/mol. The number of pyridine rings is 1. The number of amides is 2. The fourth-order valence-electron chi connectivity index (χ4n) is 6.10. The molecule has 1 atom stereocenters. The molecule has 0 radical (unpaired) electrons. The average Bonchev–Trinajstić information content (AvgIpc) is 3.52. The number of hydrogen-bond donors (Lipinski definition) is 0. The number of nitrogens with zero attached hydrogens (tertiary/aromatic N) is 4. The second kappa shape index (κ2) is 16.8. The van der Waals surface area contributed by atoms with Gasteiger partial charge in [-0.1, -0.05) is 32.9 Å². The molecule has 0 saturated carbocycles. The molecule has 0 aliphatic heterocycles. The summed E-state index contributed by atoms with van der Waals surface area (Å²) in [4.78, 5) is 31.3. The van der Waals surface area contributed by atoms with E-state index in [0.29, 0.717) is 23.0 Å². The first-order chi connectivity index (χ1) is 26.0. The van der Waals surface area contributed by atoms with Crippen LogP contribution in [0, 0.1) is 11.6 Å². The fraction of sp³-hybridized carbons (Fsp3) is 0.500. The van der Waals surface area contributed by atoms with Crippen molar-refractivity contribution < 1.29 is 50.5 Å². The third-order valence-electron chi connectivity index (χ3n) is 9.38. The Labute approximate surface area is 326 Å². The molecule has 0 fully saturated rings. The van der Waals surface area contributed by atoms with Crippen molar-refractivity contribution in [3.8, 4) is 22.6 Å². The topological polar surface area (TPSA) is 114 Å². The molecule has 11 nitrogen and oxygen atoms in total. The van der Waals surface area contributed by atoms with Crippen molar-refractivity contribution >= 4 is 32.1 Å². The van der Waals surface area contributed by atoms with Gasteiger partial charge in [0.05, 0.1) is 19.3 Å². The standard InChI is InChI=1S/C40H52F4N4O7Si/c1-12-56(13-2,14-3)55-39(10,27-15-17-28(41)18-16-27)40(43,44)22-24-52-30-20-19-29(51-11)32(33(30)42)26-21-23-47-31(25-26)45-34(46-47)48(35(49)53-37(4,5)6)36(50)54-38(7,8)9/h15-21,23,25H,12-14,22,24H2,1-11H3. The van der Waals surface area contributed by atoms with Crippen molar-refractivity contribution in [2.24, 2.45) is 0 Å². The summed E-state index contributed by atoms with van der Waals surface area (Å²) in [5, 5.41) is 4.26. The van der Waals surface area contributed by atoms with E-state index in [-0.39, 0.29) is 39.8 Å². The second-order valence-electron chi connectivity index (χ2n) is 15.6.